The number of benzene rings is 1. The molecule has 186 valence electrons. The van der Waals surface area contributed by atoms with Crippen molar-refractivity contribution < 1.29 is 19.1 Å². The van der Waals surface area contributed by atoms with Crippen LogP contribution < -0.4 is 4.74 Å². The van der Waals surface area contributed by atoms with E-state index in [2.05, 4.69) is 26.8 Å². The third-order valence-electron chi connectivity index (χ3n) is 7.39. The molecule has 35 heavy (non-hydrogen) atoms. The van der Waals surface area contributed by atoms with Crippen molar-refractivity contribution >= 4 is 29.1 Å². The molecule has 2 aromatic rings. The zero-order valence-corrected chi connectivity index (χ0v) is 21.6. The molecule has 0 N–H and O–H groups in total. The first kappa shape index (κ1) is 23.9. The molecule has 2 unspecified atom stereocenters. The normalized spacial score (nSPS) is 22.2. The van der Waals surface area contributed by atoms with Crippen LogP contribution in [0.15, 0.2) is 36.4 Å². The van der Waals surface area contributed by atoms with Crippen LogP contribution in [0.5, 0.6) is 5.75 Å². The number of nitrogens with zero attached hydrogens (tertiary/aromatic N) is 3. The summed E-state index contributed by atoms with van der Waals surface area (Å²) in [4.78, 5) is 47.0. The van der Waals surface area contributed by atoms with Crippen molar-refractivity contribution in [2.24, 2.45) is 11.8 Å². The summed E-state index contributed by atoms with van der Waals surface area (Å²) < 4.78 is 5.31. The molecule has 8 heteroatoms. The molecule has 2 atom stereocenters. The van der Waals surface area contributed by atoms with Gasteiger partial charge in [-0.05, 0) is 42.0 Å². The number of piperidine rings is 1. The van der Waals surface area contributed by atoms with E-state index in [0.717, 1.165) is 11.3 Å². The Bertz CT molecular complexity index is 1150. The Balaban J connectivity index is 1.19. The summed E-state index contributed by atoms with van der Waals surface area (Å²) >= 11 is 1.57. The molecule has 0 radical (unpaired) electrons. The maximum Gasteiger partial charge on any atom is 0.264 e. The van der Waals surface area contributed by atoms with Gasteiger partial charge in [0.15, 0.2) is 0 Å². The van der Waals surface area contributed by atoms with Crippen molar-refractivity contribution in [2.75, 3.05) is 39.8 Å². The molecule has 3 fully saturated rings. The molecule has 0 saturated carbocycles. The number of fused-ring (bicyclic) bond motifs is 2. The van der Waals surface area contributed by atoms with Gasteiger partial charge in [-0.1, -0.05) is 32.9 Å². The van der Waals surface area contributed by atoms with E-state index in [0.29, 0.717) is 50.0 Å². The molecule has 3 amide bonds. The van der Waals surface area contributed by atoms with E-state index in [1.54, 1.807) is 35.5 Å². The lowest BCUT2D eigenvalue weighted by Gasteiger charge is -2.41. The average Bonchev–Trinajstić information content (AvgIpc) is 3.42. The minimum absolute atomic E-state index is 0.0248. The second kappa shape index (κ2) is 8.97. The van der Waals surface area contributed by atoms with E-state index >= 15 is 0 Å². The monoisotopic (exact) mass is 495 g/mol. The molecule has 0 spiro atoms. The Kier molecular flexibility index (Phi) is 6.11. The molecule has 3 aliphatic rings. The number of likely N-dealkylation sites (tertiary alicyclic amines) is 3. The first-order valence-corrected chi connectivity index (χ1v) is 13.1. The quantitative estimate of drug-likeness (QED) is 0.651. The number of amides is 3. The van der Waals surface area contributed by atoms with Crippen LogP contribution in [0.1, 0.15) is 52.1 Å². The van der Waals surface area contributed by atoms with Gasteiger partial charge in [0.05, 0.1) is 23.5 Å². The highest BCUT2D eigenvalue weighted by Crippen LogP contribution is 2.35. The first-order valence-electron chi connectivity index (χ1n) is 12.3. The van der Waals surface area contributed by atoms with Crippen LogP contribution in [-0.4, -0.2) is 78.3 Å². The Morgan fingerprint density at radius 3 is 2.31 bits per heavy atom. The molecule has 0 aliphatic carbocycles. The second-order valence-electron chi connectivity index (χ2n) is 11.0. The van der Waals surface area contributed by atoms with Gasteiger partial charge in [0, 0.05) is 43.6 Å². The highest BCUT2D eigenvalue weighted by atomic mass is 32.1. The minimum Gasteiger partial charge on any atom is -0.496 e. The molecule has 1 aromatic heterocycles. The van der Waals surface area contributed by atoms with Crippen molar-refractivity contribution in [1.29, 1.82) is 0 Å². The van der Waals surface area contributed by atoms with Gasteiger partial charge in [0.2, 0.25) is 5.91 Å². The third kappa shape index (κ3) is 4.44. The predicted octanol–water partition coefficient (Wildman–Crippen LogP) is 3.50. The fraction of sp³-hybridized carbons (Fsp3) is 0.519. The summed E-state index contributed by atoms with van der Waals surface area (Å²) in [5.74, 6) is 0.771. The first-order chi connectivity index (χ1) is 16.7. The third-order valence-corrected chi connectivity index (χ3v) is 8.89. The standard InChI is InChI=1S/C27H33N3O4S/c1-27(2,3)23-10-9-22(35-23)26(33)28-12-17-11-19(16-28)30(13-17)24(31)18-14-29(15-18)25(32)20-7-5-6-8-21(20)34-4/h5-10,17-19H,11-16H2,1-4H3. The van der Waals surface area contributed by atoms with Crippen LogP contribution >= 0.6 is 11.3 Å². The van der Waals surface area contributed by atoms with E-state index in [-0.39, 0.29) is 35.1 Å². The molecule has 5 rings (SSSR count). The Hall–Kier alpha value is -2.87. The average molecular weight is 496 g/mol. The number of para-hydroxylation sites is 1. The summed E-state index contributed by atoms with van der Waals surface area (Å²) in [7, 11) is 1.55. The van der Waals surface area contributed by atoms with Crippen LogP contribution in [0.3, 0.4) is 0 Å². The van der Waals surface area contributed by atoms with E-state index in [1.165, 1.54) is 4.88 Å². The van der Waals surface area contributed by atoms with Gasteiger partial charge in [0.25, 0.3) is 11.8 Å². The van der Waals surface area contributed by atoms with E-state index in [9.17, 15) is 14.4 Å². The summed E-state index contributed by atoms with van der Waals surface area (Å²) in [6, 6.07) is 11.2. The van der Waals surface area contributed by atoms with Gasteiger partial charge in [-0.2, -0.15) is 0 Å². The van der Waals surface area contributed by atoms with E-state index < -0.39 is 0 Å². The highest BCUT2D eigenvalue weighted by Gasteiger charge is 2.46. The summed E-state index contributed by atoms with van der Waals surface area (Å²) in [5.41, 5.74) is 0.548. The topological polar surface area (TPSA) is 70.2 Å². The van der Waals surface area contributed by atoms with E-state index in [1.807, 2.05) is 28.0 Å². The van der Waals surface area contributed by atoms with Gasteiger partial charge < -0.3 is 19.4 Å². The second-order valence-corrected chi connectivity index (χ2v) is 12.1. The van der Waals surface area contributed by atoms with Crippen molar-refractivity contribution in [3.8, 4) is 5.75 Å². The summed E-state index contributed by atoms with van der Waals surface area (Å²) in [6.07, 6.45) is 0.948. The van der Waals surface area contributed by atoms with Gasteiger partial charge in [-0.25, -0.2) is 0 Å². The lowest BCUT2D eigenvalue weighted by molar-refractivity contribution is -0.140. The lowest BCUT2D eigenvalue weighted by Crippen LogP contribution is -2.57. The Morgan fingerprint density at radius 2 is 1.63 bits per heavy atom. The largest absolute Gasteiger partial charge is 0.496 e. The SMILES string of the molecule is COc1ccccc1C(=O)N1CC(C(=O)N2CC3CC2CN(C(=O)c2ccc(C(C)(C)C)s2)C3)C1. The number of carbonyl (C=O) groups is 3. The number of thiophene rings is 1. The van der Waals surface area contributed by atoms with Crippen molar-refractivity contribution in [3.63, 3.8) is 0 Å². The van der Waals surface area contributed by atoms with Gasteiger partial charge in [0.1, 0.15) is 5.75 Å². The minimum atomic E-state index is -0.177. The van der Waals surface area contributed by atoms with Crippen LogP contribution in [0, 0.1) is 11.8 Å². The number of carbonyl (C=O) groups excluding carboxylic acids is 3. The fourth-order valence-electron chi connectivity index (χ4n) is 5.43. The number of hydrogen-bond acceptors (Lipinski definition) is 5. The zero-order chi connectivity index (χ0) is 24.9. The Labute approximate surface area is 210 Å². The van der Waals surface area contributed by atoms with Gasteiger partial charge in [-0.15, -0.1) is 11.3 Å². The summed E-state index contributed by atoms with van der Waals surface area (Å²) in [5, 5.41) is 0. The molecular formula is C27H33N3O4S. The maximum absolute atomic E-state index is 13.3. The summed E-state index contributed by atoms with van der Waals surface area (Å²) in [6.45, 7) is 9.30. The molecule has 4 heterocycles. The smallest absolute Gasteiger partial charge is 0.264 e. The van der Waals surface area contributed by atoms with Crippen molar-refractivity contribution in [3.05, 3.63) is 51.7 Å². The van der Waals surface area contributed by atoms with Gasteiger partial charge >= 0.3 is 0 Å². The number of methoxy groups -OCH3 is 1. The van der Waals surface area contributed by atoms with E-state index in [4.69, 9.17) is 4.74 Å². The molecule has 3 aliphatic heterocycles. The molecule has 3 saturated heterocycles. The van der Waals surface area contributed by atoms with Crippen LogP contribution in [0.2, 0.25) is 0 Å². The molecular weight excluding hydrogens is 462 g/mol. The Morgan fingerprint density at radius 1 is 0.914 bits per heavy atom. The number of ether oxygens (including phenoxy) is 1. The van der Waals surface area contributed by atoms with Gasteiger partial charge in [-0.3, -0.25) is 14.4 Å². The zero-order valence-electron chi connectivity index (χ0n) is 20.8. The molecule has 1 aromatic carbocycles. The molecule has 7 nitrogen and oxygen atoms in total. The maximum atomic E-state index is 13.3. The van der Waals surface area contributed by atoms with Crippen LogP contribution in [0.25, 0.3) is 0 Å². The fourth-order valence-corrected chi connectivity index (χ4v) is 6.47. The number of rotatable bonds is 4. The lowest BCUT2D eigenvalue weighted by atomic mass is 9.95. The van der Waals surface area contributed by atoms with Crippen molar-refractivity contribution in [2.45, 2.75) is 38.6 Å². The van der Waals surface area contributed by atoms with Crippen LogP contribution in [-0.2, 0) is 10.2 Å². The van der Waals surface area contributed by atoms with Crippen LogP contribution in [0.4, 0.5) is 0 Å². The predicted molar refractivity (Wildman–Crippen MR) is 135 cm³/mol. The number of hydrogen-bond donors (Lipinski definition) is 0. The molecule has 2 bridgehead atoms. The highest BCUT2D eigenvalue weighted by molar-refractivity contribution is 7.14. The van der Waals surface area contributed by atoms with Crippen molar-refractivity contribution in [1.82, 2.24) is 14.7 Å².